The van der Waals surface area contributed by atoms with Gasteiger partial charge < -0.3 is 14.0 Å². The quantitative estimate of drug-likeness (QED) is 0.459. The molecule has 0 bridgehead atoms. The van der Waals surface area contributed by atoms with Gasteiger partial charge in [0.1, 0.15) is 11.5 Å². The van der Waals surface area contributed by atoms with Gasteiger partial charge in [0.15, 0.2) is 0 Å². The van der Waals surface area contributed by atoms with Crippen LogP contribution in [0.15, 0.2) is 54.8 Å². The number of nitriles is 1. The molecule has 1 heterocycles. The fourth-order valence-electron chi connectivity index (χ4n) is 3.25. The van der Waals surface area contributed by atoms with Crippen LogP contribution < -0.4 is 4.74 Å². The summed E-state index contributed by atoms with van der Waals surface area (Å²) in [7, 11) is 3.27. The number of aryl methyl sites for hydroxylation is 2. The summed E-state index contributed by atoms with van der Waals surface area (Å²) in [4.78, 5) is 0. The largest absolute Gasteiger partial charge is 0.497 e. The third-order valence-electron chi connectivity index (χ3n) is 4.73. The minimum Gasteiger partial charge on any atom is -0.497 e. The molecule has 0 unspecified atom stereocenters. The molecule has 0 spiro atoms. The molecule has 3 aromatic rings. The van der Waals surface area contributed by atoms with Gasteiger partial charge in [0.2, 0.25) is 0 Å². The number of fused-ring (bicyclic) bond motifs is 1. The van der Waals surface area contributed by atoms with E-state index in [4.69, 9.17) is 9.47 Å². The van der Waals surface area contributed by atoms with Crippen LogP contribution in [0.4, 0.5) is 0 Å². The molecule has 0 fully saturated rings. The Kier molecular flexibility index (Phi) is 5.05. The van der Waals surface area contributed by atoms with Crippen molar-refractivity contribution < 1.29 is 9.47 Å². The van der Waals surface area contributed by atoms with E-state index < -0.39 is 0 Å². The first-order valence-corrected chi connectivity index (χ1v) is 8.61. The van der Waals surface area contributed by atoms with Crippen molar-refractivity contribution >= 4 is 17.0 Å². The summed E-state index contributed by atoms with van der Waals surface area (Å²) < 4.78 is 12.8. The molecule has 0 atom stereocenters. The van der Waals surface area contributed by atoms with Crippen molar-refractivity contribution in [1.82, 2.24) is 4.57 Å². The predicted octanol–water partition coefficient (Wildman–Crippen LogP) is 5.30. The number of nitrogens with zero attached hydrogens (tertiary/aromatic N) is 2. The maximum Gasteiger partial charge on any atom is 0.119 e. The Morgan fingerprint density at radius 2 is 1.93 bits per heavy atom. The molecule has 0 saturated carbocycles. The van der Waals surface area contributed by atoms with E-state index >= 15 is 0 Å². The van der Waals surface area contributed by atoms with Gasteiger partial charge in [-0.05, 0) is 73.5 Å². The van der Waals surface area contributed by atoms with Crippen LogP contribution in [0.5, 0.6) is 5.75 Å². The highest BCUT2D eigenvalue weighted by Crippen LogP contribution is 2.34. The fraction of sp³-hybridized carbons (Fsp3) is 0.174. The van der Waals surface area contributed by atoms with Crippen LogP contribution in [0.3, 0.4) is 0 Å². The summed E-state index contributed by atoms with van der Waals surface area (Å²) in [6, 6.07) is 14.0. The molecule has 0 aliphatic carbocycles. The maximum absolute atomic E-state index is 9.18. The van der Waals surface area contributed by atoms with Crippen LogP contribution in [-0.4, -0.2) is 18.8 Å². The second kappa shape index (κ2) is 7.43. The Morgan fingerprint density at radius 1 is 1.15 bits per heavy atom. The van der Waals surface area contributed by atoms with Crippen molar-refractivity contribution in [1.29, 1.82) is 5.26 Å². The minimum absolute atomic E-state index is 0.584. The summed E-state index contributed by atoms with van der Waals surface area (Å²) in [5, 5.41) is 10.3. The average molecular weight is 358 g/mol. The van der Waals surface area contributed by atoms with Crippen LogP contribution in [-0.2, 0) is 4.74 Å². The first kappa shape index (κ1) is 18.3. The van der Waals surface area contributed by atoms with Gasteiger partial charge in [0, 0.05) is 16.8 Å². The highest BCUT2D eigenvalue weighted by molar-refractivity contribution is 5.91. The molecule has 0 aliphatic rings. The van der Waals surface area contributed by atoms with E-state index in [2.05, 4.69) is 30.2 Å². The zero-order valence-corrected chi connectivity index (χ0v) is 16.0. The molecule has 3 rings (SSSR count). The number of rotatable bonds is 5. The van der Waals surface area contributed by atoms with Crippen molar-refractivity contribution in [2.75, 3.05) is 14.2 Å². The van der Waals surface area contributed by atoms with Crippen molar-refractivity contribution in [3.8, 4) is 17.5 Å². The topological polar surface area (TPSA) is 47.2 Å². The van der Waals surface area contributed by atoms with E-state index in [1.807, 2.05) is 49.4 Å². The Hall–Kier alpha value is -3.45. The van der Waals surface area contributed by atoms with Crippen LogP contribution in [0.2, 0.25) is 0 Å². The van der Waals surface area contributed by atoms with Gasteiger partial charge in [-0.25, -0.2) is 0 Å². The Morgan fingerprint density at radius 3 is 2.56 bits per heavy atom. The second-order valence-electron chi connectivity index (χ2n) is 6.35. The van der Waals surface area contributed by atoms with Gasteiger partial charge in [0.25, 0.3) is 0 Å². The number of hydrogen-bond donors (Lipinski definition) is 0. The number of aromatic nitrogens is 1. The Balaban J connectivity index is 2.33. The lowest BCUT2D eigenvalue weighted by Gasteiger charge is -2.13. The van der Waals surface area contributed by atoms with E-state index in [1.54, 1.807) is 14.2 Å². The van der Waals surface area contributed by atoms with E-state index in [1.165, 1.54) is 0 Å². The summed E-state index contributed by atoms with van der Waals surface area (Å²) >= 11 is 0. The summed E-state index contributed by atoms with van der Waals surface area (Å²) in [6.07, 6.45) is 3.86. The monoisotopic (exact) mass is 358 g/mol. The highest BCUT2D eigenvalue weighted by atomic mass is 16.5. The molecular formula is C23H22N2O2. The molecular weight excluding hydrogens is 336 g/mol. The van der Waals surface area contributed by atoms with Gasteiger partial charge in [-0.15, -0.1) is 0 Å². The maximum atomic E-state index is 9.18. The normalized spacial score (nSPS) is 10.9. The molecule has 136 valence electrons. The third-order valence-corrected chi connectivity index (χ3v) is 4.73. The van der Waals surface area contributed by atoms with Gasteiger partial charge in [-0.3, -0.25) is 0 Å². The molecule has 4 nitrogen and oxygen atoms in total. The zero-order valence-electron chi connectivity index (χ0n) is 16.0. The van der Waals surface area contributed by atoms with Crippen molar-refractivity contribution in [2.45, 2.75) is 13.8 Å². The number of hydrogen-bond acceptors (Lipinski definition) is 3. The zero-order chi connectivity index (χ0) is 19.6. The second-order valence-corrected chi connectivity index (χ2v) is 6.35. The smallest absolute Gasteiger partial charge is 0.119 e. The molecule has 0 aliphatic heterocycles. The lowest BCUT2D eigenvalue weighted by Crippen LogP contribution is -2.00. The Bertz CT molecular complexity index is 1100. The SMILES string of the molecule is C=C(/C=C\c1c(C)c2cc(OC)ccc2n1-c1ccc(C#N)cc1C)OC. The molecule has 1 aromatic heterocycles. The van der Waals surface area contributed by atoms with Crippen LogP contribution in [0.25, 0.3) is 22.7 Å². The van der Waals surface area contributed by atoms with E-state index in [9.17, 15) is 5.26 Å². The first-order chi connectivity index (χ1) is 13.0. The number of benzene rings is 2. The van der Waals surface area contributed by atoms with Crippen LogP contribution >= 0.6 is 0 Å². The Labute approximate surface area is 159 Å². The first-order valence-electron chi connectivity index (χ1n) is 8.61. The van der Waals surface area contributed by atoms with Gasteiger partial charge >= 0.3 is 0 Å². The molecule has 0 N–H and O–H groups in total. The third kappa shape index (κ3) is 3.32. The van der Waals surface area contributed by atoms with Crippen molar-refractivity contribution in [3.05, 3.63) is 77.2 Å². The van der Waals surface area contributed by atoms with Gasteiger partial charge in [-0.2, -0.15) is 5.26 Å². The van der Waals surface area contributed by atoms with Crippen molar-refractivity contribution in [3.63, 3.8) is 0 Å². The highest BCUT2D eigenvalue weighted by Gasteiger charge is 2.16. The lowest BCUT2D eigenvalue weighted by atomic mass is 10.1. The summed E-state index contributed by atoms with van der Waals surface area (Å²) in [6.45, 7) is 7.97. The molecule has 4 heteroatoms. The minimum atomic E-state index is 0.584. The van der Waals surface area contributed by atoms with Crippen molar-refractivity contribution in [2.24, 2.45) is 0 Å². The standard InChI is InChI=1S/C23H22N2O2/c1-15-12-18(14-24)7-10-21(15)25-22(9-6-16(2)26-4)17(3)20-13-19(27-5)8-11-23(20)25/h6-13H,2H2,1,3-5H3/b9-6-. The van der Waals surface area contributed by atoms with Gasteiger partial charge in [-0.1, -0.05) is 6.58 Å². The number of ether oxygens (including phenoxy) is 2. The molecule has 27 heavy (non-hydrogen) atoms. The molecule has 0 saturated heterocycles. The predicted molar refractivity (Wildman–Crippen MR) is 109 cm³/mol. The number of allylic oxidation sites excluding steroid dienone is 1. The lowest BCUT2D eigenvalue weighted by molar-refractivity contribution is 0.309. The van der Waals surface area contributed by atoms with E-state index in [0.717, 1.165) is 39.2 Å². The fourth-order valence-corrected chi connectivity index (χ4v) is 3.25. The summed E-state index contributed by atoms with van der Waals surface area (Å²) in [5.41, 5.74) is 5.94. The van der Waals surface area contributed by atoms with E-state index in [-0.39, 0.29) is 0 Å². The molecule has 0 radical (unpaired) electrons. The number of methoxy groups -OCH3 is 2. The average Bonchev–Trinajstić information content (AvgIpc) is 2.97. The van der Waals surface area contributed by atoms with Crippen LogP contribution in [0, 0.1) is 25.2 Å². The molecule has 0 amide bonds. The van der Waals surface area contributed by atoms with E-state index in [0.29, 0.717) is 11.3 Å². The van der Waals surface area contributed by atoms with Gasteiger partial charge in [0.05, 0.1) is 31.4 Å². The van der Waals surface area contributed by atoms with Crippen LogP contribution in [0.1, 0.15) is 22.4 Å². The molecule has 2 aromatic carbocycles. The summed E-state index contributed by atoms with van der Waals surface area (Å²) in [5.74, 6) is 1.40.